The molecule has 1 aliphatic rings. The van der Waals surface area contributed by atoms with E-state index < -0.39 is 5.41 Å². The molecule has 1 aliphatic carbocycles. The van der Waals surface area contributed by atoms with E-state index >= 15 is 0 Å². The molecule has 392 valence electrons. The number of para-hydroxylation sites is 2. The van der Waals surface area contributed by atoms with Crippen molar-refractivity contribution in [3.8, 4) is 61.3 Å². The summed E-state index contributed by atoms with van der Waals surface area (Å²) >= 11 is 0. The largest absolute Gasteiger partial charge is 0.309 e. The lowest BCUT2D eigenvalue weighted by Crippen LogP contribution is -2.28. The Morgan fingerprint density at radius 2 is 0.631 bits per heavy atom. The number of nitrogens with zero attached hydrogens (tertiary/aromatic N) is 1. The molecular formula is C83H55N. The predicted octanol–water partition coefficient (Wildman–Crippen LogP) is 22.1. The maximum Gasteiger partial charge on any atom is 0.0713 e. The van der Waals surface area contributed by atoms with Gasteiger partial charge in [-0.15, -0.1) is 0 Å². The fourth-order valence-corrected chi connectivity index (χ4v) is 14.1. The van der Waals surface area contributed by atoms with E-state index in [4.69, 9.17) is 0 Å². The van der Waals surface area contributed by atoms with Gasteiger partial charge in [-0.05, 0) is 157 Å². The number of aromatic nitrogens is 1. The standard InChI is InChI=1S/C45H30.C38H25N/c1-3-15-31(16-4-1)43-37-21-7-9-23-39(37)44(40-24-10-8-22-38(40)43)32-27-29-34(30-28-32)45(33-17-5-2-6-18-33)41-25-13-11-19-35(41)36-20-12-14-26-42(36)45;1-2-11-30(12-3-1)39-37-17-9-8-16-34(37)36-24-28(22-23-38(36)39)26-18-20-27(21-19-26)35-25-29-10-4-5-13-31(29)32-14-6-7-15-33(32)35/h1-30H;1-25H. The summed E-state index contributed by atoms with van der Waals surface area (Å²) in [4.78, 5) is 0. The second-order valence-electron chi connectivity index (χ2n) is 22.2. The number of fused-ring (bicyclic) bond motifs is 11. The van der Waals surface area contributed by atoms with Gasteiger partial charge in [0.25, 0.3) is 0 Å². The third-order valence-electron chi connectivity index (χ3n) is 17.7. The molecule has 84 heavy (non-hydrogen) atoms. The van der Waals surface area contributed by atoms with Crippen molar-refractivity contribution in [2.75, 3.05) is 0 Å². The predicted molar refractivity (Wildman–Crippen MR) is 356 cm³/mol. The Balaban J connectivity index is 0.000000139. The van der Waals surface area contributed by atoms with E-state index in [0.717, 1.165) is 0 Å². The first kappa shape index (κ1) is 49.0. The molecular weight excluding hydrogens is 1010 g/mol. The lowest BCUT2D eigenvalue weighted by molar-refractivity contribution is 0.768. The van der Waals surface area contributed by atoms with Crippen molar-refractivity contribution in [2.24, 2.45) is 0 Å². The van der Waals surface area contributed by atoms with Gasteiger partial charge in [-0.3, -0.25) is 0 Å². The summed E-state index contributed by atoms with van der Waals surface area (Å²) in [7, 11) is 0. The van der Waals surface area contributed by atoms with Crippen molar-refractivity contribution < 1.29 is 0 Å². The van der Waals surface area contributed by atoms with Gasteiger partial charge in [0.1, 0.15) is 0 Å². The third kappa shape index (κ3) is 7.85. The molecule has 0 fully saturated rings. The van der Waals surface area contributed by atoms with Gasteiger partial charge in [0.15, 0.2) is 0 Å². The van der Waals surface area contributed by atoms with Crippen molar-refractivity contribution in [2.45, 2.75) is 5.41 Å². The summed E-state index contributed by atoms with van der Waals surface area (Å²) in [6, 6.07) is 122. The molecule has 0 atom stereocenters. The van der Waals surface area contributed by atoms with Gasteiger partial charge in [-0.25, -0.2) is 0 Å². The Morgan fingerprint density at radius 1 is 0.214 bits per heavy atom. The summed E-state index contributed by atoms with van der Waals surface area (Å²) in [5, 5.41) is 12.8. The number of hydrogen-bond donors (Lipinski definition) is 0. The van der Waals surface area contributed by atoms with Crippen molar-refractivity contribution in [1.82, 2.24) is 4.57 Å². The minimum absolute atomic E-state index is 0.395. The monoisotopic (exact) mass is 1070 g/mol. The van der Waals surface area contributed by atoms with Crippen LogP contribution in [0.25, 0.3) is 126 Å². The second kappa shape index (κ2) is 20.3. The molecule has 0 saturated heterocycles. The van der Waals surface area contributed by atoms with Gasteiger partial charge >= 0.3 is 0 Å². The molecule has 0 N–H and O–H groups in total. The van der Waals surface area contributed by atoms with Crippen LogP contribution in [0.15, 0.2) is 334 Å². The van der Waals surface area contributed by atoms with E-state index in [1.165, 1.54) is 148 Å². The van der Waals surface area contributed by atoms with Crippen LogP contribution in [0.4, 0.5) is 0 Å². The first-order valence-electron chi connectivity index (χ1n) is 29.2. The first-order chi connectivity index (χ1) is 41.7. The Morgan fingerprint density at radius 3 is 1.25 bits per heavy atom. The fourth-order valence-electron chi connectivity index (χ4n) is 14.1. The van der Waals surface area contributed by atoms with Crippen LogP contribution in [-0.2, 0) is 5.41 Å². The SMILES string of the molecule is c1ccc(-c2c3ccccc3c(-c3ccc(C4(c5ccccc5)c5ccccc5-c5ccccc54)cc3)c3ccccc23)cc1.c1ccc(-n2c3ccccc3c3cc(-c4ccc(-c5cc6ccccc6c6ccccc56)cc4)ccc32)cc1. The molecule has 1 heteroatoms. The first-order valence-corrected chi connectivity index (χ1v) is 29.2. The van der Waals surface area contributed by atoms with Crippen LogP contribution in [0.3, 0.4) is 0 Å². The number of rotatable bonds is 7. The van der Waals surface area contributed by atoms with Gasteiger partial charge in [-0.1, -0.05) is 297 Å². The van der Waals surface area contributed by atoms with Crippen LogP contribution in [0.1, 0.15) is 22.3 Å². The quantitative estimate of drug-likeness (QED) is 0.111. The maximum absolute atomic E-state index is 2.37. The Labute approximate surface area is 489 Å². The minimum atomic E-state index is -0.395. The van der Waals surface area contributed by atoms with Crippen molar-refractivity contribution in [1.29, 1.82) is 0 Å². The summed E-state index contributed by atoms with van der Waals surface area (Å²) in [6.45, 7) is 0. The van der Waals surface area contributed by atoms with Gasteiger partial charge in [0.05, 0.1) is 16.4 Å². The zero-order valence-corrected chi connectivity index (χ0v) is 46.2. The molecule has 1 aromatic heterocycles. The van der Waals surface area contributed by atoms with Gasteiger partial charge in [-0.2, -0.15) is 0 Å². The van der Waals surface area contributed by atoms with Gasteiger partial charge in [0, 0.05) is 16.5 Å². The highest BCUT2D eigenvalue weighted by molar-refractivity contribution is 6.21. The molecule has 1 heterocycles. The van der Waals surface area contributed by atoms with Crippen molar-refractivity contribution in [3.63, 3.8) is 0 Å². The molecule has 15 aromatic carbocycles. The smallest absolute Gasteiger partial charge is 0.0713 e. The normalized spacial score (nSPS) is 12.4. The minimum Gasteiger partial charge on any atom is -0.309 e. The highest BCUT2D eigenvalue weighted by Crippen LogP contribution is 2.56. The Hall–Kier alpha value is -10.9. The van der Waals surface area contributed by atoms with Crippen LogP contribution in [0, 0.1) is 0 Å². The van der Waals surface area contributed by atoms with E-state index in [1.807, 2.05) is 0 Å². The lowest BCUT2D eigenvalue weighted by atomic mass is 9.67. The zero-order valence-electron chi connectivity index (χ0n) is 46.2. The van der Waals surface area contributed by atoms with E-state index in [-0.39, 0.29) is 0 Å². The Bertz CT molecular complexity index is 5050. The van der Waals surface area contributed by atoms with E-state index in [1.54, 1.807) is 0 Å². The number of benzene rings is 15. The average Bonchev–Trinajstić information content (AvgIpc) is 1.99. The molecule has 0 aliphatic heterocycles. The van der Waals surface area contributed by atoms with E-state index in [9.17, 15) is 0 Å². The molecule has 0 radical (unpaired) electrons. The molecule has 0 spiro atoms. The maximum atomic E-state index is 2.37. The molecule has 16 aromatic rings. The van der Waals surface area contributed by atoms with E-state index in [2.05, 4.69) is 338 Å². The topological polar surface area (TPSA) is 4.93 Å². The zero-order chi connectivity index (χ0) is 55.6. The molecule has 0 amide bonds. The van der Waals surface area contributed by atoms with E-state index in [0.29, 0.717) is 0 Å². The summed E-state index contributed by atoms with van der Waals surface area (Å²) in [6.07, 6.45) is 0. The highest BCUT2D eigenvalue weighted by atomic mass is 15.0. The summed E-state index contributed by atoms with van der Waals surface area (Å²) < 4.78 is 2.36. The lowest BCUT2D eigenvalue weighted by Gasteiger charge is -2.34. The molecule has 0 bridgehead atoms. The summed E-state index contributed by atoms with van der Waals surface area (Å²) in [5.41, 5.74) is 21.2. The van der Waals surface area contributed by atoms with Gasteiger partial charge < -0.3 is 4.57 Å². The van der Waals surface area contributed by atoms with Crippen molar-refractivity contribution in [3.05, 3.63) is 356 Å². The van der Waals surface area contributed by atoms with Crippen LogP contribution in [0.5, 0.6) is 0 Å². The molecule has 17 rings (SSSR count). The fraction of sp³-hybridized carbons (Fsp3) is 0.0120. The number of hydrogen-bond acceptors (Lipinski definition) is 0. The third-order valence-corrected chi connectivity index (χ3v) is 17.7. The Kier molecular flexibility index (Phi) is 11.8. The van der Waals surface area contributed by atoms with Crippen molar-refractivity contribution >= 4 is 64.9 Å². The van der Waals surface area contributed by atoms with Crippen LogP contribution in [0.2, 0.25) is 0 Å². The van der Waals surface area contributed by atoms with Crippen LogP contribution < -0.4 is 0 Å². The molecule has 0 unspecified atom stereocenters. The average molecular weight is 1070 g/mol. The molecule has 0 saturated carbocycles. The highest BCUT2D eigenvalue weighted by Gasteiger charge is 2.45. The van der Waals surface area contributed by atoms with Crippen LogP contribution in [-0.4, -0.2) is 4.57 Å². The summed E-state index contributed by atoms with van der Waals surface area (Å²) in [5.74, 6) is 0. The van der Waals surface area contributed by atoms with Crippen LogP contribution >= 0.6 is 0 Å². The molecule has 1 nitrogen and oxygen atoms in total. The second-order valence-corrected chi connectivity index (χ2v) is 22.2. The van der Waals surface area contributed by atoms with Gasteiger partial charge in [0.2, 0.25) is 0 Å².